The quantitative estimate of drug-likeness (QED) is 0.594. The first-order valence-corrected chi connectivity index (χ1v) is 9.75. The van der Waals surface area contributed by atoms with Gasteiger partial charge in [0.2, 0.25) is 0 Å². The molecule has 7 heteroatoms. The van der Waals surface area contributed by atoms with E-state index in [-0.39, 0.29) is 0 Å². The summed E-state index contributed by atoms with van der Waals surface area (Å²) in [6, 6.07) is 9.40. The number of carbonyl (C=O) groups excluding carboxylic acids is 2. The Morgan fingerprint density at radius 2 is 2.14 bits per heavy atom. The number of ether oxygens (including phenoxy) is 2. The van der Waals surface area contributed by atoms with Crippen molar-refractivity contribution in [2.75, 3.05) is 19.0 Å². The number of amides is 1. The summed E-state index contributed by atoms with van der Waals surface area (Å²) < 4.78 is 10.1. The molecule has 1 amide bonds. The number of nitrogens with one attached hydrogen (secondary N) is 1. The number of nitrogens with zero attached hydrogens (tertiary/aromatic N) is 1. The number of aryl methyl sites for hydroxylation is 1. The molecule has 144 valence electrons. The number of hydrogen-bond acceptors (Lipinski definition) is 6. The van der Waals surface area contributed by atoms with Gasteiger partial charge in [-0.2, -0.15) is 5.26 Å². The molecular weight excluding hydrogens is 376 g/mol. The van der Waals surface area contributed by atoms with Crippen molar-refractivity contribution in [3.05, 3.63) is 51.9 Å². The Labute approximate surface area is 167 Å². The fraction of sp³-hybridized carbons (Fsp3) is 0.286. The molecule has 0 fully saturated rings. The van der Waals surface area contributed by atoms with E-state index in [0.717, 1.165) is 41.7 Å². The largest absolute Gasteiger partial charge is 0.497 e. The molecule has 0 unspecified atom stereocenters. The third-order valence-corrected chi connectivity index (χ3v) is 5.59. The molecule has 3 rings (SSSR count). The summed E-state index contributed by atoms with van der Waals surface area (Å²) in [5.41, 5.74) is 2.37. The molecule has 1 aromatic carbocycles. The molecule has 0 aliphatic heterocycles. The van der Waals surface area contributed by atoms with E-state index in [0.29, 0.717) is 16.3 Å². The van der Waals surface area contributed by atoms with E-state index in [1.54, 1.807) is 25.3 Å². The number of fused-ring (bicyclic) bond motifs is 1. The number of hydrogen-bond donors (Lipinski definition) is 1. The first-order valence-electron chi connectivity index (χ1n) is 8.94. The van der Waals surface area contributed by atoms with Crippen LogP contribution in [-0.4, -0.2) is 25.6 Å². The number of thiophene rings is 1. The van der Waals surface area contributed by atoms with Crippen molar-refractivity contribution in [2.24, 2.45) is 0 Å². The molecule has 0 saturated heterocycles. The molecule has 1 aliphatic carbocycles. The van der Waals surface area contributed by atoms with Crippen molar-refractivity contribution >= 4 is 34.3 Å². The van der Waals surface area contributed by atoms with Crippen molar-refractivity contribution in [3.8, 4) is 11.8 Å². The van der Waals surface area contributed by atoms with Crippen molar-refractivity contribution in [2.45, 2.75) is 25.7 Å². The van der Waals surface area contributed by atoms with Gasteiger partial charge in [-0.25, -0.2) is 4.79 Å². The smallest absolute Gasteiger partial charge is 0.331 e. The second-order valence-corrected chi connectivity index (χ2v) is 7.40. The van der Waals surface area contributed by atoms with E-state index >= 15 is 0 Å². The Balaban J connectivity index is 1.54. The van der Waals surface area contributed by atoms with Crippen molar-refractivity contribution in [1.29, 1.82) is 5.26 Å². The molecule has 0 bridgehead atoms. The Morgan fingerprint density at radius 1 is 1.32 bits per heavy atom. The average molecular weight is 396 g/mol. The summed E-state index contributed by atoms with van der Waals surface area (Å²) in [5.74, 6) is -0.399. The zero-order chi connectivity index (χ0) is 19.9. The van der Waals surface area contributed by atoms with Gasteiger partial charge in [-0.3, -0.25) is 4.79 Å². The molecule has 1 heterocycles. The molecule has 28 heavy (non-hydrogen) atoms. The van der Waals surface area contributed by atoms with Crippen LogP contribution in [-0.2, 0) is 27.2 Å². The highest BCUT2D eigenvalue weighted by molar-refractivity contribution is 7.16. The van der Waals surface area contributed by atoms with Crippen molar-refractivity contribution in [3.63, 3.8) is 0 Å². The Hall–Kier alpha value is -3.11. The molecule has 1 aliphatic rings. The van der Waals surface area contributed by atoms with Crippen LogP contribution in [0.1, 0.15) is 34.4 Å². The maximum atomic E-state index is 12.1. The van der Waals surface area contributed by atoms with E-state index in [2.05, 4.69) is 11.4 Å². The zero-order valence-corrected chi connectivity index (χ0v) is 16.3. The van der Waals surface area contributed by atoms with Crippen LogP contribution in [0.5, 0.6) is 5.75 Å². The second-order valence-electron chi connectivity index (χ2n) is 6.29. The molecule has 0 spiro atoms. The standard InChI is InChI=1S/C21H20N2O4S/c1-26-15-6-4-5-14(11-15)9-10-20(25)27-13-19(24)23-21-17(12-22)16-7-2-3-8-18(16)28-21/h4-6,9-11H,2-3,7-8,13H2,1H3,(H,23,24)/b10-9+. The number of nitriles is 1. The SMILES string of the molecule is COc1cccc(/C=C/C(=O)OCC(=O)Nc2sc3c(c2C#N)CCCC3)c1. The van der Waals surface area contributed by atoms with Crippen molar-refractivity contribution in [1.82, 2.24) is 0 Å². The van der Waals surface area contributed by atoms with Gasteiger partial charge in [-0.1, -0.05) is 12.1 Å². The molecule has 0 atom stereocenters. The lowest BCUT2D eigenvalue weighted by molar-refractivity contribution is -0.142. The van der Waals surface area contributed by atoms with Gasteiger partial charge >= 0.3 is 5.97 Å². The van der Waals surface area contributed by atoms with Gasteiger partial charge < -0.3 is 14.8 Å². The van der Waals surface area contributed by atoms with E-state index in [1.807, 2.05) is 12.1 Å². The van der Waals surface area contributed by atoms with Crippen LogP contribution < -0.4 is 10.1 Å². The lowest BCUT2D eigenvalue weighted by Crippen LogP contribution is -2.20. The molecule has 1 N–H and O–H groups in total. The van der Waals surface area contributed by atoms with Crippen LogP contribution in [0.25, 0.3) is 6.08 Å². The lowest BCUT2D eigenvalue weighted by atomic mass is 9.96. The molecular formula is C21H20N2O4S. The Kier molecular flexibility index (Phi) is 6.45. The second kappa shape index (κ2) is 9.20. The summed E-state index contributed by atoms with van der Waals surface area (Å²) in [6.07, 6.45) is 6.81. The average Bonchev–Trinajstić information content (AvgIpc) is 3.07. The summed E-state index contributed by atoms with van der Waals surface area (Å²) in [4.78, 5) is 25.1. The third kappa shape index (κ3) is 4.78. The van der Waals surface area contributed by atoms with Gasteiger partial charge in [-0.15, -0.1) is 11.3 Å². The number of methoxy groups -OCH3 is 1. The summed E-state index contributed by atoms with van der Waals surface area (Å²) >= 11 is 1.44. The van der Waals surface area contributed by atoms with E-state index in [4.69, 9.17) is 9.47 Å². The minimum Gasteiger partial charge on any atom is -0.497 e. The number of benzene rings is 1. The summed E-state index contributed by atoms with van der Waals surface area (Å²) in [6.45, 7) is -0.408. The highest BCUT2D eigenvalue weighted by atomic mass is 32.1. The third-order valence-electron chi connectivity index (χ3n) is 4.39. The monoisotopic (exact) mass is 396 g/mol. The van der Waals surface area contributed by atoms with Gasteiger partial charge in [0.25, 0.3) is 5.91 Å². The highest BCUT2D eigenvalue weighted by Crippen LogP contribution is 2.37. The maximum absolute atomic E-state index is 12.1. The molecule has 0 radical (unpaired) electrons. The first-order chi connectivity index (χ1) is 13.6. The Bertz CT molecular complexity index is 956. The van der Waals surface area contributed by atoms with Gasteiger partial charge in [0, 0.05) is 11.0 Å². The summed E-state index contributed by atoms with van der Waals surface area (Å²) in [5, 5.41) is 12.7. The molecule has 1 aromatic heterocycles. The minimum atomic E-state index is -0.621. The van der Waals surface area contributed by atoms with Crippen LogP contribution in [0.4, 0.5) is 5.00 Å². The van der Waals surface area contributed by atoms with Gasteiger partial charge in [0.15, 0.2) is 6.61 Å². The lowest BCUT2D eigenvalue weighted by Gasteiger charge is -2.09. The zero-order valence-electron chi connectivity index (χ0n) is 15.5. The predicted octanol–water partition coefficient (Wildman–Crippen LogP) is 3.70. The minimum absolute atomic E-state index is 0.408. The fourth-order valence-corrected chi connectivity index (χ4v) is 4.29. The topological polar surface area (TPSA) is 88.4 Å². The number of rotatable bonds is 6. The van der Waals surface area contributed by atoms with Crippen LogP contribution in [0.15, 0.2) is 30.3 Å². The first kappa shape index (κ1) is 19.6. The van der Waals surface area contributed by atoms with Crippen molar-refractivity contribution < 1.29 is 19.1 Å². The van der Waals surface area contributed by atoms with Gasteiger partial charge in [-0.05, 0) is 55.0 Å². The molecule has 6 nitrogen and oxygen atoms in total. The maximum Gasteiger partial charge on any atom is 0.331 e. The van der Waals surface area contributed by atoms with Crippen LogP contribution in [0.3, 0.4) is 0 Å². The van der Waals surface area contributed by atoms with E-state index < -0.39 is 18.5 Å². The van der Waals surface area contributed by atoms with Crippen LogP contribution >= 0.6 is 11.3 Å². The normalized spacial score (nSPS) is 12.9. The molecule has 0 saturated carbocycles. The van der Waals surface area contributed by atoms with Gasteiger partial charge in [0.05, 0.1) is 12.7 Å². The number of anilines is 1. The number of carbonyl (C=O) groups is 2. The van der Waals surface area contributed by atoms with Crippen LogP contribution in [0, 0.1) is 11.3 Å². The predicted molar refractivity (Wildman–Crippen MR) is 107 cm³/mol. The van der Waals surface area contributed by atoms with Crippen LogP contribution in [0.2, 0.25) is 0 Å². The highest BCUT2D eigenvalue weighted by Gasteiger charge is 2.21. The fourth-order valence-electron chi connectivity index (χ4n) is 3.03. The van der Waals surface area contributed by atoms with E-state index in [9.17, 15) is 14.9 Å². The van der Waals surface area contributed by atoms with E-state index in [1.165, 1.54) is 17.4 Å². The Morgan fingerprint density at radius 3 is 2.93 bits per heavy atom. The number of esters is 1. The molecule has 2 aromatic rings. The van der Waals surface area contributed by atoms with Gasteiger partial charge in [0.1, 0.15) is 16.8 Å². The summed E-state index contributed by atoms with van der Waals surface area (Å²) in [7, 11) is 1.57.